The zero-order valence-electron chi connectivity index (χ0n) is 10.4. The molecule has 1 heterocycles. The van der Waals surface area contributed by atoms with Gasteiger partial charge in [-0.3, -0.25) is 9.59 Å². The maximum atomic E-state index is 12.3. The van der Waals surface area contributed by atoms with Crippen molar-refractivity contribution < 1.29 is 9.59 Å². The standard InChI is InChI=1S/C12H21N3O2/c1-13-10-4-2-3-9(7-10)12(17)15-6-5-14-11(16)8-15/h9-10,13H,2-8H2,1H3,(H,14,16). The Morgan fingerprint density at radius 1 is 1.47 bits per heavy atom. The summed E-state index contributed by atoms with van der Waals surface area (Å²) in [7, 11) is 1.95. The van der Waals surface area contributed by atoms with E-state index in [0.29, 0.717) is 19.1 Å². The molecule has 2 atom stereocenters. The normalized spacial score (nSPS) is 29.9. The van der Waals surface area contributed by atoms with E-state index in [0.717, 1.165) is 25.7 Å². The van der Waals surface area contributed by atoms with Crippen molar-refractivity contribution in [1.82, 2.24) is 15.5 Å². The summed E-state index contributed by atoms with van der Waals surface area (Å²) in [5.74, 6) is 0.234. The number of amides is 2. The molecule has 5 heteroatoms. The van der Waals surface area contributed by atoms with E-state index in [1.165, 1.54) is 0 Å². The lowest BCUT2D eigenvalue weighted by atomic mass is 9.85. The Balaban J connectivity index is 1.92. The van der Waals surface area contributed by atoms with E-state index in [-0.39, 0.29) is 24.3 Å². The van der Waals surface area contributed by atoms with Crippen LogP contribution in [0.3, 0.4) is 0 Å². The average Bonchev–Trinajstić information content (AvgIpc) is 2.38. The molecule has 96 valence electrons. The summed E-state index contributed by atoms with van der Waals surface area (Å²) < 4.78 is 0. The van der Waals surface area contributed by atoms with Crippen LogP contribution in [0.1, 0.15) is 25.7 Å². The fraction of sp³-hybridized carbons (Fsp3) is 0.833. The lowest BCUT2D eigenvalue weighted by Gasteiger charge is -2.34. The predicted octanol–water partition coefficient (Wildman–Crippen LogP) is -0.277. The van der Waals surface area contributed by atoms with E-state index in [1.807, 2.05) is 7.05 Å². The van der Waals surface area contributed by atoms with Gasteiger partial charge in [0.2, 0.25) is 11.8 Å². The molecule has 2 N–H and O–H groups in total. The van der Waals surface area contributed by atoms with Gasteiger partial charge in [-0.1, -0.05) is 6.42 Å². The first-order chi connectivity index (χ1) is 8.20. The molecule has 17 heavy (non-hydrogen) atoms. The smallest absolute Gasteiger partial charge is 0.239 e. The number of piperazine rings is 1. The summed E-state index contributed by atoms with van der Waals surface area (Å²) in [4.78, 5) is 25.3. The molecule has 0 spiro atoms. The van der Waals surface area contributed by atoms with Crippen molar-refractivity contribution in [3.8, 4) is 0 Å². The van der Waals surface area contributed by atoms with Gasteiger partial charge in [0.1, 0.15) is 0 Å². The second kappa shape index (κ2) is 5.49. The molecule has 1 aliphatic heterocycles. The minimum Gasteiger partial charge on any atom is -0.353 e. The molecule has 2 unspecified atom stereocenters. The molecule has 0 radical (unpaired) electrons. The number of nitrogens with one attached hydrogen (secondary N) is 2. The first-order valence-corrected chi connectivity index (χ1v) is 6.43. The highest BCUT2D eigenvalue weighted by Gasteiger charge is 2.31. The summed E-state index contributed by atoms with van der Waals surface area (Å²) in [6.07, 6.45) is 4.13. The SMILES string of the molecule is CNC1CCCC(C(=O)N2CCNC(=O)C2)C1. The molecular formula is C12H21N3O2. The van der Waals surface area contributed by atoms with Crippen LogP contribution < -0.4 is 10.6 Å². The van der Waals surface area contributed by atoms with Gasteiger partial charge in [0, 0.05) is 25.0 Å². The van der Waals surface area contributed by atoms with Crippen LogP contribution in [-0.2, 0) is 9.59 Å². The van der Waals surface area contributed by atoms with Crippen LogP contribution in [0, 0.1) is 5.92 Å². The second-order valence-electron chi connectivity index (χ2n) is 4.96. The zero-order valence-corrected chi connectivity index (χ0v) is 10.4. The number of carbonyl (C=O) groups excluding carboxylic acids is 2. The van der Waals surface area contributed by atoms with Gasteiger partial charge < -0.3 is 15.5 Å². The average molecular weight is 239 g/mol. The third-order valence-electron chi connectivity index (χ3n) is 3.78. The van der Waals surface area contributed by atoms with Crippen molar-refractivity contribution in [3.63, 3.8) is 0 Å². The molecule has 1 saturated carbocycles. The lowest BCUT2D eigenvalue weighted by molar-refractivity contribution is -0.142. The van der Waals surface area contributed by atoms with E-state index in [2.05, 4.69) is 10.6 Å². The van der Waals surface area contributed by atoms with Crippen molar-refractivity contribution in [3.05, 3.63) is 0 Å². The van der Waals surface area contributed by atoms with Gasteiger partial charge in [-0.2, -0.15) is 0 Å². The molecule has 2 fully saturated rings. The van der Waals surface area contributed by atoms with Crippen molar-refractivity contribution in [2.75, 3.05) is 26.7 Å². The summed E-state index contributed by atoms with van der Waals surface area (Å²) in [6.45, 7) is 1.48. The minimum absolute atomic E-state index is 0.0365. The van der Waals surface area contributed by atoms with Gasteiger partial charge in [-0.25, -0.2) is 0 Å². The van der Waals surface area contributed by atoms with E-state index >= 15 is 0 Å². The van der Waals surface area contributed by atoms with Gasteiger partial charge in [0.15, 0.2) is 0 Å². The van der Waals surface area contributed by atoms with Crippen molar-refractivity contribution in [1.29, 1.82) is 0 Å². The molecule has 5 nitrogen and oxygen atoms in total. The maximum Gasteiger partial charge on any atom is 0.239 e. The molecule has 0 aromatic carbocycles. The van der Waals surface area contributed by atoms with E-state index in [4.69, 9.17) is 0 Å². The Kier molecular flexibility index (Phi) is 3.99. The Bertz CT molecular complexity index is 306. The maximum absolute atomic E-state index is 12.3. The van der Waals surface area contributed by atoms with E-state index in [1.54, 1.807) is 4.90 Å². The third kappa shape index (κ3) is 2.97. The van der Waals surface area contributed by atoms with Gasteiger partial charge in [-0.15, -0.1) is 0 Å². The third-order valence-corrected chi connectivity index (χ3v) is 3.78. The molecule has 2 aliphatic rings. The van der Waals surface area contributed by atoms with Crippen LogP contribution in [0.15, 0.2) is 0 Å². The molecular weight excluding hydrogens is 218 g/mol. The monoisotopic (exact) mass is 239 g/mol. The van der Waals surface area contributed by atoms with Crippen LogP contribution in [-0.4, -0.2) is 49.4 Å². The summed E-state index contributed by atoms with van der Waals surface area (Å²) in [5, 5.41) is 5.99. The fourth-order valence-corrected chi connectivity index (χ4v) is 2.76. The summed E-state index contributed by atoms with van der Waals surface area (Å²) in [6, 6.07) is 0.455. The van der Waals surface area contributed by atoms with E-state index < -0.39 is 0 Å². The van der Waals surface area contributed by atoms with Gasteiger partial charge in [0.05, 0.1) is 6.54 Å². The quantitative estimate of drug-likeness (QED) is 0.697. The van der Waals surface area contributed by atoms with Crippen LogP contribution in [0.25, 0.3) is 0 Å². The number of hydrogen-bond donors (Lipinski definition) is 2. The molecule has 0 bridgehead atoms. The zero-order chi connectivity index (χ0) is 12.3. The van der Waals surface area contributed by atoms with Crippen LogP contribution >= 0.6 is 0 Å². The largest absolute Gasteiger partial charge is 0.353 e. The Morgan fingerprint density at radius 2 is 2.29 bits per heavy atom. The summed E-state index contributed by atoms with van der Waals surface area (Å²) >= 11 is 0. The topological polar surface area (TPSA) is 61.4 Å². The summed E-state index contributed by atoms with van der Waals surface area (Å²) in [5.41, 5.74) is 0. The molecule has 2 amide bonds. The molecule has 1 saturated heterocycles. The number of carbonyl (C=O) groups is 2. The Hall–Kier alpha value is -1.10. The number of rotatable bonds is 2. The molecule has 0 aromatic rings. The highest BCUT2D eigenvalue weighted by atomic mass is 16.2. The van der Waals surface area contributed by atoms with Crippen LogP contribution in [0.2, 0.25) is 0 Å². The minimum atomic E-state index is -0.0365. The lowest BCUT2D eigenvalue weighted by Crippen LogP contribution is -2.52. The first-order valence-electron chi connectivity index (χ1n) is 6.43. The van der Waals surface area contributed by atoms with Gasteiger partial charge in [-0.05, 0) is 26.3 Å². The number of nitrogens with zero attached hydrogens (tertiary/aromatic N) is 1. The highest BCUT2D eigenvalue weighted by molar-refractivity contribution is 5.87. The number of hydrogen-bond acceptors (Lipinski definition) is 3. The van der Waals surface area contributed by atoms with Crippen LogP contribution in [0.5, 0.6) is 0 Å². The van der Waals surface area contributed by atoms with Crippen molar-refractivity contribution in [2.45, 2.75) is 31.7 Å². The van der Waals surface area contributed by atoms with E-state index in [9.17, 15) is 9.59 Å². The van der Waals surface area contributed by atoms with Gasteiger partial charge >= 0.3 is 0 Å². The molecule has 2 rings (SSSR count). The molecule has 0 aromatic heterocycles. The molecule has 1 aliphatic carbocycles. The fourth-order valence-electron chi connectivity index (χ4n) is 2.76. The van der Waals surface area contributed by atoms with Crippen LogP contribution in [0.4, 0.5) is 0 Å². The second-order valence-corrected chi connectivity index (χ2v) is 4.96. The van der Waals surface area contributed by atoms with Crippen molar-refractivity contribution in [2.24, 2.45) is 5.92 Å². The first kappa shape index (κ1) is 12.4. The highest BCUT2D eigenvalue weighted by Crippen LogP contribution is 2.26. The Morgan fingerprint density at radius 3 is 3.00 bits per heavy atom. The Labute approximate surface area is 102 Å². The van der Waals surface area contributed by atoms with Gasteiger partial charge in [0.25, 0.3) is 0 Å². The predicted molar refractivity (Wildman–Crippen MR) is 64.4 cm³/mol. The van der Waals surface area contributed by atoms with Crippen molar-refractivity contribution >= 4 is 11.8 Å².